The number of benzene rings is 2. The van der Waals surface area contributed by atoms with Crippen molar-refractivity contribution in [3.05, 3.63) is 77.5 Å². The molecule has 3 heteroatoms. The third kappa shape index (κ3) is 2.64. The molecule has 0 fully saturated rings. The summed E-state index contributed by atoms with van der Waals surface area (Å²) in [6, 6.07) is 20.1. The van der Waals surface area contributed by atoms with Gasteiger partial charge in [-0.3, -0.25) is 0 Å². The van der Waals surface area contributed by atoms with Gasteiger partial charge in [-0.1, -0.05) is 67.6 Å². The lowest BCUT2D eigenvalue weighted by Crippen LogP contribution is -2.01. The SMILES string of the molecule is COC1=C(c2ccccc2)[P@](=O)(Cc2ccccc2)[C@H](C)C1. The van der Waals surface area contributed by atoms with Gasteiger partial charge in [-0.15, -0.1) is 0 Å². The summed E-state index contributed by atoms with van der Waals surface area (Å²) in [7, 11) is -0.849. The van der Waals surface area contributed by atoms with E-state index in [0.717, 1.165) is 28.6 Å². The average molecular weight is 312 g/mol. The van der Waals surface area contributed by atoms with Crippen LogP contribution in [0.5, 0.6) is 0 Å². The van der Waals surface area contributed by atoms with Crippen molar-refractivity contribution in [2.75, 3.05) is 7.11 Å². The number of hydrogen-bond donors (Lipinski definition) is 0. The Morgan fingerprint density at radius 2 is 1.64 bits per heavy atom. The molecule has 114 valence electrons. The molecule has 2 atom stereocenters. The molecule has 0 saturated heterocycles. The highest BCUT2D eigenvalue weighted by Crippen LogP contribution is 2.70. The molecule has 2 aromatic carbocycles. The van der Waals surface area contributed by atoms with Crippen LogP contribution in [0.15, 0.2) is 66.4 Å². The van der Waals surface area contributed by atoms with Crippen molar-refractivity contribution in [2.45, 2.75) is 25.2 Å². The third-order valence-electron chi connectivity index (χ3n) is 4.39. The van der Waals surface area contributed by atoms with Crippen LogP contribution in [0.2, 0.25) is 0 Å². The topological polar surface area (TPSA) is 26.3 Å². The van der Waals surface area contributed by atoms with E-state index in [1.807, 2.05) is 48.5 Å². The van der Waals surface area contributed by atoms with E-state index < -0.39 is 7.14 Å². The van der Waals surface area contributed by atoms with E-state index in [4.69, 9.17) is 4.74 Å². The number of hydrogen-bond acceptors (Lipinski definition) is 2. The molecular weight excluding hydrogens is 291 g/mol. The van der Waals surface area contributed by atoms with E-state index in [0.29, 0.717) is 6.16 Å². The zero-order valence-corrected chi connectivity index (χ0v) is 13.9. The zero-order valence-electron chi connectivity index (χ0n) is 13.0. The lowest BCUT2D eigenvalue weighted by atomic mass is 10.1. The largest absolute Gasteiger partial charge is 0.500 e. The van der Waals surface area contributed by atoms with Gasteiger partial charge in [-0.05, 0) is 11.1 Å². The second-order valence-corrected chi connectivity index (χ2v) is 9.07. The predicted octanol–water partition coefficient (Wildman–Crippen LogP) is 5.36. The summed E-state index contributed by atoms with van der Waals surface area (Å²) in [6.07, 6.45) is 1.36. The van der Waals surface area contributed by atoms with Gasteiger partial charge in [-0.2, -0.15) is 0 Å². The van der Waals surface area contributed by atoms with Gasteiger partial charge in [0.05, 0.1) is 12.4 Å². The van der Waals surface area contributed by atoms with Crippen molar-refractivity contribution in [1.29, 1.82) is 0 Å². The first-order valence-electron chi connectivity index (χ1n) is 7.61. The molecule has 2 aromatic rings. The van der Waals surface area contributed by atoms with Crippen LogP contribution in [0.25, 0.3) is 5.31 Å². The highest BCUT2D eigenvalue weighted by molar-refractivity contribution is 7.74. The minimum Gasteiger partial charge on any atom is -0.500 e. The number of ether oxygens (including phenoxy) is 1. The van der Waals surface area contributed by atoms with Crippen LogP contribution in [0.1, 0.15) is 24.5 Å². The van der Waals surface area contributed by atoms with Crippen LogP contribution in [0.4, 0.5) is 0 Å². The van der Waals surface area contributed by atoms with Crippen LogP contribution in [0.3, 0.4) is 0 Å². The molecule has 0 unspecified atom stereocenters. The van der Waals surface area contributed by atoms with E-state index in [1.165, 1.54) is 0 Å². The first-order chi connectivity index (χ1) is 10.6. The molecule has 1 heterocycles. The number of rotatable bonds is 4. The molecule has 2 nitrogen and oxygen atoms in total. The third-order valence-corrected chi connectivity index (χ3v) is 8.10. The summed E-state index contributed by atoms with van der Waals surface area (Å²) in [5, 5.41) is 0.937. The molecule has 0 aromatic heterocycles. The van der Waals surface area contributed by atoms with E-state index >= 15 is 0 Å². The molecule has 0 bridgehead atoms. The van der Waals surface area contributed by atoms with Gasteiger partial charge in [0, 0.05) is 18.2 Å². The van der Waals surface area contributed by atoms with Gasteiger partial charge in [0.1, 0.15) is 12.9 Å². The van der Waals surface area contributed by atoms with Crippen molar-refractivity contribution in [3.63, 3.8) is 0 Å². The van der Waals surface area contributed by atoms with Gasteiger partial charge in [0.25, 0.3) is 0 Å². The summed E-state index contributed by atoms with van der Waals surface area (Å²) in [5.41, 5.74) is 2.28. The lowest BCUT2D eigenvalue weighted by Gasteiger charge is -2.21. The first kappa shape index (κ1) is 15.1. The normalized spacial score (nSPS) is 24.5. The quantitative estimate of drug-likeness (QED) is 0.711. The fraction of sp³-hybridized carbons (Fsp3) is 0.263. The molecule has 0 radical (unpaired) electrons. The van der Waals surface area contributed by atoms with Gasteiger partial charge in [0.2, 0.25) is 0 Å². The number of allylic oxidation sites excluding steroid dienone is 1. The van der Waals surface area contributed by atoms with E-state index in [-0.39, 0.29) is 5.66 Å². The van der Waals surface area contributed by atoms with Crippen LogP contribution in [0, 0.1) is 0 Å². The molecule has 0 N–H and O–H groups in total. The van der Waals surface area contributed by atoms with Crippen molar-refractivity contribution >= 4 is 12.5 Å². The van der Waals surface area contributed by atoms with Gasteiger partial charge in [0.15, 0.2) is 0 Å². The maximum absolute atomic E-state index is 13.9. The van der Waals surface area contributed by atoms with Crippen molar-refractivity contribution in [1.82, 2.24) is 0 Å². The van der Waals surface area contributed by atoms with Crippen molar-refractivity contribution in [2.24, 2.45) is 0 Å². The van der Waals surface area contributed by atoms with E-state index in [1.54, 1.807) is 7.11 Å². The van der Waals surface area contributed by atoms with Crippen LogP contribution in [-0.4, -0.2) is 12.8 Å². The Labute approximate surface area is 132 Å². The molecule has 1 aliphatic rings. The summed E-state index contributed by atoms with van der Waals surface area (Å²) >= 11 is 0. The van der Waals surface area contributed by atoms with Crippen LogP contribution < -0.4 is 0 Å². The Balaban J connectivity index is 2.08. The van der Waals surface area contributed by atoms with Gasteiger partial charge < -0.3 is 9.30 Å². The molecular formula is C19H21O2P. The summed E-state index contributed by atoms with van der Waals surface area (Å²) < 4.78 is 19.5. The van der Waals surface area contributed by atoms with Crippen LogP contribution >= 0.6 is 7.14 Å². The number of methoxy groups -OCH3 is 1. The maximum atomic E-state index is 13.9. The fourth-order valence-electron chi connectivity index (χ4n) is 3.19. The Hall–Kier alpha value is -1.79. The minimum atomic E-state index is -2.53. The van der Waals surface area contributed by atoms with Gasteiger partial charge in [-0.25, -0.2) is 0 Å². The second kappa shape index (κ2) is 6.14. The molecule has 22 heavy (non-hydrogen) atoms. The van der Waals surface area contributed by atoms with Gasteiger partial charge >= 0.3 is 0 Å². The molecule has 1 aliphatic heterocycles. The monoisotopic (exact) mass is 312 g/mol. The molecule has 3 rings (SSSR count). The first-order valence-corrected chi connectivity index (χ1v) is 9.57. The highest BCUT2D eigenvalue weighted by Gasteiger charge is 2.43. The molecule has 0 amide bonds. The van der Waals surface area contributed by atoms with E-state index in [2.05, 4.69) is 19.1 Å². The maximum Gasteiger partial charge on any atom is 0.126 e. The van der Waals surface area contributed by atoms with Crippen molar-refractivity contribution in [3.8, 4) is 0 Å². The summed E-state index contributed by atoms with van der Waals surface area (Å²) in [5.74, 6) is 0.887. The average Bonchev–Trinajstić information content (AvgIpc) is 2.80. The molecule has 0 saturated carbocycles. The standard InChI is InChI=1S/C19H21O2P/c1-15-13-18(21-2)19(17-11-7-4-8-12-17)22(15,20)14-16-9-5-3-6-10-16/h3-12,15H,13-14H2,1-2H3/t15-,22+/m1/s1. The highest BCUT2D eigenvalue weighted by atomic mass is 31.2. The predicted molar refractivity (Wildman–Crippen MR) is 92.2 cm³/mol. The smallest absolute Gasteiger partial charge is 0.126 e. The Kier molecular flexibility index (Phi) is 4.22. The second-order valence-electron chi connectivity index (χ2n) is 5.83. The zero-order chi connectivity index (χ0) is 15.6. The molecule has 0 spiro atoms. The fourth-order valence-corrected chi connectivity index (χ4v) is 6.50. The minimum absolute atomic E-state index is 0.123. The summed E-state index contributed by atoms with van der Waals surface area (Å²) in [4.78, 5) is 0. The van der Waals surface area contributed by atoms with Crippen molar-refractivity contribution < 1.29 is 9.30 Å². The van der Waals surface area contributed by atoms with E-state index in [9.17, 15) is 4.57 Å². The summed E-state index contributed by atoms with van der Waals surface area (Å²) in [6.45, 7) is 2.08. The molecule has 0 aliphatic carbocycles. The Morgan fingerprint density at radius 1 is 1.05 bits per heavy atom. The van der Waals surface area contributed by atoms with Crippen LogP contribution in [-0.2, 0) is 15.5 Å². The Morgan fingerprint density at radius 3 is 2.23 bits per heavy atom. The Bertz CT molecular complexity index is 720. The lowest BCUT2D eigenvalue weighted by molar-refractivity contribution is 0.283.